The third kappa shape index (κ3) is 3.90. The normalized spacial score (nSPS) is 16.8. The Kier molecular flexibility index (Phi) is 5.36. The van der Waals surface area contributed by atoms with E-state index in [4.69, 9.17) is 5.73 Å². The van der Waals surface area contributed by atoms with Crippen molar-refractivity contribution in [3.05, 3.63) is 82.1 Å². The number of hydrogen-bond acceptors (Lipinski definition) is 6. The van der Waals surface area contributed by atoms with Crippen LogP contribution in [0, 0.1) is 0 Å². The van der Waals surface area contributed by atoms with Crippen molar-refractivity contribution in [3.63, 3.8) is 0 Å². The average molecular weight is 438 g/mol. The second-order valence-electron chi connectivity index (χ2n) is 6.66. The van der Waals surface area contributed by atoms with Crippen molar-refractivity contribution in [3.8, 4) is 0 Å². The Bertz CT molecular complexity index is 995. The van der Waals surface area contributed by atoms with Crippen molar-refractivity contribution in [1.82, 2.24) is 15.3 Å². The number of nitrogens with zero attached hydrogens (tertiary/aromatic N) is 3. The van der Waals surface area contributed by atoms with Crippen LogP contribution in [0.3, 0.4) is 0 Å². The number of ketones is 1. The minimum Gasteiger partial charge on any atom is -0.383 e. The van der Waals surface area contributed by atoms with Crippen molar-refractivity contribution in [2.24, 2.45) is 0 Å². The molecule has 2 aromatic heterocycles. The number of pyridine rings is 2. The van der Waals surface area contributed by atoms with Gasteiger partial charge in [0, 0.05) is 36.3 Å². The van der Waals surface area contributed by atoms with E-state index in [1.807, 2.05) is 30.3 Å². The fourth-order valence-electron chi connectivity index (χ4n) is 3.36. The molecule has 1 aliphatic heterocycles. The highest BCUT2D eigenvalue weighted by Gasteiger charge is 2.23. The van der Waals surface area contributed by atoms with E-state index in [1.54, 1.807) is 18.3 Å². The molecule has 1 saturated heterocycles. The first kappa shape index (κ1) is 18.6. The quantitative estimate of drug-likeness (QED) is 0.609. The number of benzene rings is 1. The lowest BCUT2D eigenvalue weighted by molar-refractivity contribution is 0.103. The van der Waals surface area contributed by atoms with Crippen LogP contribution in [0.15, 0.2) is 65.3 Å². The third-order valence-electron chi connectivity index (χ3n) is 4.80. The van der Waals surface area contributed by atoms with Gasteiger partial charge in [-0.05, 0) is 39.7 Å². The molecule has 1 aromatic carbocycles. The number of anilines is 2. The first-order valence-corrected chi connectivity index (χ1v) is 9.87. The maximum atomic E-state index is 12.9. The van der Waals surface area contributed by atoms with Crippen LogP contribution < -0.4 is 16.0 Å². The Morgan fingerprint density at radius 3 is 2.82 bits per heavy atom. The first-order valence-electron chi connectivity index (χ1n) is 9.08. The Hall–Kier alpha value is -2.77. The summed E-state index contributed by atoms with van der Waals surface area (Å²) >= 11 is 3.34. The molecule has 3 aromatic rings. The Balaban J connectivity index is 1.58. The van der Waals surface area contributed by atoms with E-state index >= 15 is 0 Å². The van der Waals surface area contributed by atoms with Crippen molar-refractivity contribution in [2.45, 2.75) is 6.04 Å². The lowest BCUT2D eigenvalue weighted by Gasteiger charge is -2.35. The van der Waals surface area contributed by atoms with Gasteiger partial charge >= 0.3 is 0 Å². The summed E-state index contributed by atoms with van der Waals surface area (Å²) in [7, 11) is 0. The molecule has 6 nitrogen and oxygen atoms in total. The minimum absolute atomic E-state index is 0.201. The summed E-state index contributed by atoms with van der Waals surface area (Å²) in [4.78, 5) is 23.8. The topological polar surface area (TPSA) is 84.1 Å². The molecular formula is C21H20BrN5O. The molecule has 1 unspecified atom stereocenters. The zero-order valence-corrected chi connectivity index (χ0v) is 16.8. The Morgan fingerprint density at radius 1 is 1.18 bits per heavy atom. The van der Waals surface area contributed by atoms with Gasteiger partial charge in [0.15, 0.2) is 0 Å². The highest BCUT2D eigenvalue weighted by Crippen LogP contribution is 2.23. The molecule has 0 bridgehead atoms. The fraction of sp³-hybridized carbons (Fsp3) is 0.190. The van der Waals surface area contributed by atoms with Crippen LogP contribution in [-0.4, -0.2) is 35.4 Å². The number of carbonyl (C=O) groups is 1. The summed E-state index contributed by atoms with van der Waals surface area (Å²) in [5.41, 5.74) is 7.84. The number of nitrogen functional groups attached to an aromatic ring is 1. The molecule has 3 N–H and O–H groups in total. The smallest absolute Gasteiger partial charge is 0.215 e. The summed E-state index contributed by atoms with van der Waals surface area (Å²) < 4.78 is 0.703. The number of nitrogens with two attached hydrogens (primary N) is 1. The van der Waals surface area contributed by atoms with Gasteiger partial charge in [-0.2, -0.15) is 0 Å². The average Bonchev–Trinajstić information content (AvgIpc) is 2.76. The molecule has 1 atom stereocenters. The van der Waals surface area contributed by atoms with E-state index in [-0.39, 0.29) is 17.6 Å². The third-order valence-corrected chi connectivity index (χ3v) is 5.23. The molecule has 1 aliphatic rings. The van der Waals surface area contributed by atoms with E-state index in [9.17, 15) is 4.79 Å². The van der Waals surface area contributed by atoms with Gasteiger partial charge in [0.2, 0.25) is 5.78 Å². The summed E-state index contributed by atoms with van der Waals surface area (Å²) in [5, 5.41) is 3.55. The zero-order chi connectivity index (χ0) is 19.5. The van der Waals surface area contributed by atoms with Crippen molar-refractivity contribution in [1.29, 1.82) is 0 Å². The highest BCUT2D eigenvalue weighted by atomic mass is 79.9. The number of halogens is 1. The molecule has 4 rings (SSSR count). The summed E-state index contributed by atoms with van der Waals surface area (Å²) in [6.07, 6.45) is 1.57. The van der Waals surface area contributed by atoms with Gasteiger partial charge in [-0.15, -0.1) is 0 Å². The summed E-state index contributed by atoms with van der Waals surface area (Å²) in [5.74, 6) is 0.754. The molecule has 0 aliphatic carbocycles. The maximum Gasteiger partial charge on any atom is 0.215 e. The SMILES string of the molecule is Nc1ncc(Br)cc1C(=O)c1cccc(N2CCNC(c3ccccc3)C2)n1. The first-order chi connectivity index (χ1) is 13.6. The summed E-state index contributed by atoms with van der Waals surface area (Å²) in [6.45, 7) is 2.46. The van der Waals surface area contributed by atoms with E-state index < -0.39 is 0 Å². The van der Waals surface area contributed by atoms with Crippen LogP contribution in [0.2, 0.25) is 0 Å². The lowest BCUT2D eigenvalue weighted by atomic mass is 10.0. The number of piperazine rings is 1. The molecule has 1 fully saturated rings. The van der Waals surface area contributed by atoms with Crippen LogP contribution in [0.25, 0.3) is 0 Å². The highest BCUT2D eigenvalue weighted by molar-refractivity contribution is 9.10. The van der Waals surface area contributed by atoms with Gasteiger partial charge in [-0.25, -0.2) is 9.97 Å². The molecule has 0 spiro atoms. The van der Waals surface area contributed by atoms with Gasteiger partial charge < -0.3 is 16.0 Å². The molecule has 0 saturated carbocycles. The predicted octanol–water partition coefficient (Wildman–Crippen LogP) is 3.20. The standard InChI is InChI=1S/C21H20BrN5O/c22-15-11-16(21(23)25-12-15)20(28)17-7-4-8-19(26-17)27-10-9-24-18(13-27)14-5-2-1-3-6-14/h1-8,11-12,18,24H,9-10,13H2,(H2,23,25). The second kappa shape index (κ2) is 8.08. The lowest BCUT2D eigenvalue weighted by Crippen LogP contribution is -2.46. The van der Waals surface area contributed by atoms with Crippen molar-refractivity contribution in [2.75, 3.05) is 30.3 Å². The number of carbonyl (C=O) groups excluding carboxylic acids is 1. The number of hydrogen-bond donors (Lipinski definition) is 2. The van der Waals surface area contributed by atoms with Gasteiger partial charge in [0.05, 0.1) is 5.56 Å². The van der Waals surface area contributed by atoms with Crippen LogP contribution in [0.5, 0.6) is 0 Å². The molecule has 3 heterocycles. The van der Waals surface area contributed by atoms with Crippen molar-refractivity contribution < 1.29 is 4.79 Å². The Morgan fingerprint density at radius 2 is 2.00 bits per heavy atom. The largest absolute Gasteiger partial charge is 0.383 e. The molecule has 142 valence electrons. The van der Waals surface area contributed by atoms with Crippen LogP contribution in [-0.2, 0) is 0 Å². The maximum absolute atomic E-state index is 12.9. The second-order valence-corrected chi connectivity index (χ2v) is 7.58. The van der Waals surface area contributed by atoms with Gasteiger partial charge in [-0.3, -0.25) is 4.79 Å². The predicted molar refractivity (Wildman–Crippen MR) is 113 cm³/mol. The molecule has 7 heteroatoms. The summed E-state index contributed by atoms with van der Waals surface area (Å²) in [6, 6.07) is 17.8. The fourth-order valence-corrected chi connectivity index (χ4v) is 3.69. The van der Waals surface area contributed by atoms with E-state index in [0.29, 0.717) is 15.7 Å². The Labute approximate surface area is 171 Å². The van der Waals surface area contributed by atoms with E-state index in [1.165, 1.54) is 5.56 Å². The molecule has 0 radical (unpaired) electrons. The zero-order valence-electron chi connectivity index (χ0n) is 15.2. The number of nitrogens with one attached hydrogen (secondary N) is 1. The van der Waals surface area contributed by atoms with Crippen LogP contribution in [0.4, 0.5) is 11.6 Å². The number of rotatable bonds is 4. The minimum atomic E-state index is -0.233. The van der Waals surface area contributed by atoms with E-state index in [0.717, 1.165) is 25.5 Å². The van der Waals surface area contributed by atoms with Gasteiger partial charge in [0.25, 0.3) is 0 Å². The van der Waals surface area contributed by atoms with Crippen LogP contribution in [0.1, 0.15) is 27.7 Å². The molecule has 28 heavy (non-hydrogen) atoms. The monoisotopic (exact) mass is 437 g/mol. The molecule has 0 amide bonds. The number of aromatic nitrogens is 2. The van der Waals surface area contributed by atoms with E-state index in [2.05, 4.69) is 48.2 Å². The molecular weight excluding hydrogens is 418 g/mol. The van der Waals surface area contributed by atoms with Gasteiger partial charge in [-0.1, -0.05) is 36.4 Å². The van der Waals surface area contributed by atoms with Crippen molar-refractivity contribution >= 4 is 33.3 Å². The van der Waals surface area contributed by atoms with Gasteiger partial charge in [0.1, 0.15) is 17.3 Å². The van der Waals surface area contributed by atoms with Crippen LogP contribution >= 0.6 is 15.9 Å².